The monoisotopic (exact) mass is 356 g/mol. The molecule has 0 aliphatic rings. The minimum absolute atomic E-state index is 0.0166. The molecule has 0 saturated carbocycles. The van der Waals surface area contributed by atoms with E-state index in [1.807, 2.05) is 13.0 Å². The Kier molecular flexibility index (Phi) is 6.24. The molecule has 1 aromatic carbocycles. The molecular weight excluding hydrogens is 339 g/mol. The van der Waals surface area contributed by atoms with Crippen molar-refractivity contribution in [3.63, 3.8) is 0 Å². The van der Waals surface area contributed by atoms with Gasteiger partial charge in [0, 0.05) is 27.8 Å². The molecule has 0 unspecified atom stereocenters. The van der Waals surface area contributed by atoms with Gasteiger partial charge in [-0.2, -0.15) is 0 Å². The maximum absolute atomic E-state index is 11.8. The number of carbonyl (C=O) groups excluding carboxylic acids is 1. The van der Waals surface area contributed by atoms with Crippen molar-refractivity contribution < 1.29 is 4.79 Å². The van der Waals surface area contributed by atoms with Crippen LogP contribution in [-0.4, -0.2) is 10.9 Å². The van der Waals surface area contributed by atoms with Crippen LogP contribution in [-0.2, 0) is 11.2 Å². The van der Waals surface area contributed by atoms with Crippen molar-refractivity contribution in [2.75, 3.05) is 5.32 Å². The number of nitrogens with one attached hydrogen (secondary N) is 1. The number of aryl methyl sites for hydroxylation is 1. The summed E-state index contributed by atoms with van der Waals surface area (Å²) in [5, 5.41) is 4.85. The summed E-state index contributed by atoms with van der Waals surface area (Å²) in [5.41, 5.74) is 1.87. The number of aromatic nitrogens is 1. The van der Waals surface area contributed by atoms with E-state index in [0.29, 0.717) is 28.0 Å². The third-order valence-corrected chi connectivity index (χ3v) is 4.93. The van der Waals surface area contributed by atoms with Crippen LogP contribution in [0.15, 0.2) is 18.2 Å². The first-order chi connectivity index (χ1) is 10.5. The second kappa shape index (κ2) is 7.95. The summed E-state index contributed by atoms with van der Waals surface area (Å²) in [4.78, 5) is 17.3. The van der Waals surface area contributed by atoms with Crippen LogP contribution in [0, 0.1) is 6.92 Å². The Morgan fingerprint density at radius 2 is 2.14 bits per heavy atom. The highest BCUT2D eigenvalue weighted by Crippen LogP contribution is 2.29. The molecule has 0 atom stereocenters. The van der Waals surface area contributed by atoms with Crippen molar-refractivity contribution in [3.05, 3.63) is 44.4 Å². The number of carbonyl (C=O) groups is 1. The van der Waals surface area contributed by atoms with Gasteiger partial charge in [0.15, 0.2) is 5.13 Å². The fourth-order valence-electron chi connectivity index (χ4n) is 2.02. The Balaban J connectivity index is 2.09. The van der Waals surface area contributed by atoms with Gasteiger partial charge >= 0.3 is 0 Å². The number of amides is 1. The van der Waals surface area contributed by atoms with E-state index in [4.69, 9.17) is 23.2 Å². The van der Waals surface area contributed by atoms with E-state index >= 15 is 0 Å². The van der Waals surface area contributed by atoms with E-state index in [-0.39, 0.29) is 5.91 Å². The predicted molar refractivity (Wildman–Crippen MR) is 94.3 cm³/mol. The zero-order valence-corrected chi connectivity index (χ0v) is 14.9. The molecule has 0 radical (unpaired) electrons. The van der Waals surface area contributed by atoms with Gasteiger partial charge in [-0.15, -0.1) is 11.3 Å². The van der Waals surface area contributed by atoms with E-state index in [9.17, 15) is 4.79 Å². The van der Waals surface area contributed by atoms with Crippen LogP contribution in [0.3, 0.4) is 0 Å². The standard InChI is InChI=1S/C16H18Cl2N2OS/c1-3-4-5-15(21)20-16-19-10(2)14(22-16)9-11-8-12(17)6-7-13(11)18/h6-8H,3-5,9H2,1-2H3,(H,19,20,21). The molecule has 3 nitrogen and oxygen atoms in total. The lowest BCUT2D eigenvalue weighted by atomic mass is 10.1. The van der Waals surface area contributed by atoms with Crippen LogP contribution in [0.4, 0.5) is 5.13 Å². The number of unbranched alkanes of at least 4 members (excludes halogenated alkanes) is 1. The fourth-order valence-corrected chi connectivity index (χ4v) is 3.40. The Hall–Kier alpha value is -1.10. The summed E-state index contributed by atoms with van der Waals surface area (Å²) in [6.45, 7) is 4.00. The summed E-state index contributed by atoms with van der Waals surface area (Å²) >= 11 is 13.7. The molecule has 1 amide bonds. The highest BCUT2D eigenvalue weighted by molar-refractivity contribution is 7.15. The Morgan fingerprint density at radius 3 is 2.86 bits per heavy atom. The Labute approximate surface area is 144 Å². The first-order valence-electron chi connectivity index (χ1n) is 7.19. The van der Waals surface area contributed by atoms with Crippen LogP contribution < -0.4 is 5.32 Å². The second-order valence-corrected chi connectivity index (χ2v) is 7.02. The van der Waals surface area contributed by atoms with Gasteiger partial charge in [-0.25, -0.2) is 4.98 Å². The van der Waals surface area contributed by atoms with Crippen LogP contribution in [0.5, 0.6) is 0 Å². The maximum atomic E-state index is 11.8. The zero-order valence-electron chi connectivity index (χ0n) is 12.6. The van der Waals surface area contributed by atoms with E-state index in [2.05, 4.69) is 17.2 Å². The number of halogens is 2. The third kappa shape index (κ3) is 4.70. The molecular formula is C16H18Cl2N2OS. The molecule has 0 spiro atoms. The summed E-state index contributed by atoms with van der Waals surface area (Å²) in [7, 11) is 0. The molecule has 1 aromatic heterocycles. The first-order valence-corrected chi connectivity index (χ1v) is 8.77. The maximum Gasteiger partial charge on any atom is 0.226 e. The lowest BCUT2D eigenvalue weighted by Crippen LogP contribution is -2.10. The quantitative estimate of drug-likeness (QED) is 0.744. The van der Waals surface area contributed by atoms with Crippen molar-refractivity contribution in [1.82, 2.24) is 4.98 Å². The molecule has 0 aliphatic heterocycles. The highest BCUT2D eigenvalue weighted by atomic mass is 35.5. The number of nitrogens with zero attached hydrogens (tertiary/aromatic N) is 1. The molecule has 0 fully saturated rings. The van der Waals surface area contributed by atoms with Crippen molar-refractivity contribution >= 4 is 45.6 Å². The van der Waals surface area contributed by atoms with Crippen LogP contribution >= 0.6 is 34.5 Å². The van der Waals surface area contributed by atoms with Crippen molar-refractivity contribution in [2.24, 2.45) is 0 Å². The number of rotatable bonds is 6. The van der Waals surface area contributed by atoms with E-state index in [0.717, 1.165) is 29.0 Å². The molecule has 0 aliphatic carbocycles. The van der Waals surface area contributed by atoms with Crippen LogP contribution in [0.2, 0.25) is 10.0 Å². The Morgan fingerprint density at radius 1 is 1.36 bits per heavy atom. The predicted octanol–water partition coefficient (Wildman–Crippen LogP) is 5.48. The Bertz CT molecular complexity index is 670. The summed E-state index contributed by atoms with van der Waals surface area (Å²) in [6.07, 6.45) is 3.09. The number of thiazole rings is 1. The second-order valence-electron chi connectivity index (χ2n) is 5.09. The smallest absolute Gasteiger partial charge is 0.226 e. The number of benzene rings is 1. The van der Waals surface area contributed by atoms with Gasteiger partial charge in [-0.1, -0.05) is 36.5 Å². The third-order valence-electron chi connectivity index (χ3n) is 3.26. The highest BCUT2D eigenvalue weighted by Gasteiger charge is 2.12. The topological polar surface area (TPSA) is 42.0 Å². The molecule has 0 saturated heterocycles. The molecule has 1 heterocycles. The van der Waals surface area contributed by atoms with Crippen LogP contribution in [0.25, 0.3) is 0 Å². The van der Waals surface area contributed by atoms with Crippen molar-refractivity contribution in [3.8, 4) is 0 Å². The molecule has 6 heteroatoms. The molecule has 22 heavy (non-hydrogen) atoms. The number of hydrogen-bond donors (Lipinski definition) is 1. The average molecular weight is 357 g/mol. The lowest BCUT2D eigenvalue weighted by molar-refractivity contribution is -0.116. The van der Waals surface area contributed by atoms with Gasteiger partial charge in [0.2, 0.25) is 5.91 Å². The van der Waals surface area contributed by atoms with Gasteiger partial charge in [0.05, 0.1) is 5.69 Å². The lowest BCUT2D eigenvalue weighted by Gasteiger charge is -2.03. The summed E-state index contributed by atoms with van der Waals surface area (Å²) in [6, 6.07) is 5.43. The average Bonchev–Trinajstić information content (AvgIpc) is 2.80. The minimum atomic E-state index is 0.0166. The largest absolute Gasteiger partial charge is 0.302 e. The number of anilines is 1. The molecule has 0 bridgehead atoms. The van der Waals surface area contributed by atoms with Gasteiger partial charge < -0.3 is 5.32 Å². The molecule has 1 N–H and O–H groups in total. The van der Waals surface area contributed by atoms with Gasteiger partial charge in [-0.3, -0.25) is 4.79 Å². The summed E-state index contributed by atoms with van der Waals surface area (Å²) in [5.74, 6) is 0.0166. The SMILES string of the molecule is CCCCC(=O)Nc1nc(C)c(Cc2cc(Cl)ccc2Cl)s1. The van der Waals surface area contributed by atoms with E-state index in [1.54, 1.807) is 12.1 Å². The first kappa shape index (κ1) is 17.3. The minimum Gasteiger partial charge on any atom is -0.302 e. The normalized spacial score (nSPS) is 10.7. The van der Waals surface area contributed by atoms with Crippen molar-refractivity contribution in [2.45, 2.75) is 39.5 Å². The molecule has 2 aromatic rings. The number of hydrogen-bond acceptors (Lipinski definition) is 3. The van der Waals surface area contributed by atoms with E-state index < -0.39 is 0 Å². The van der Waals surface area contributed by atoms with Gasteiger partial charge in [0.1, 0.15) is 0 Å². The fraction of sp³-hybridized carbons (Fsp3) is 0.375. The summed E-state index contributed by atoms with van der Waals surface area (Å²) < 4.78 is 0. The molecule has 118 valence electrons. The van der Waals surface area contributed by atoms with E-state index in [1.165, 1.54) is 11.3 Å². The van der Waals surface area contributed by atoms with Crippen molar-refractivity contribution in [1.29, 1.82) is 0 Å². The van der Waals surface area contributed by atoms with Gasteiger partial charge in [-0.05, 0) is 37.1 Å². The van der Waals surface area contributed by atoms with Crippen LogP contribution in [0.1, 0.15) is 42.3 Å². The van der Waals surface area contributed by atoms with Gasteiger partial charge in [0.25, 0.3) is 0 Å². The molecule has 2 rings (SSSR count). The zero-order chi connectivity index (χ0) is 16.1.